The van der Waals surface area contributed by atoms with Gasteiger partial charge in [0.05, 0.1) is 5.71 Å². The number of amides is 1. The van der Waals surface area contributed by atoms with Crippen molar-refractivity contribution in [1.82, 2.24) is 10.2 Å². The van der Waals surface area contributed by atoms with Crippen LogP contribution in [0, 0.1) is 5.92 Å². The molecule has 0 aromatic heterocycles. The fourth-order valence-corrected chi connectivity index (χ4v) is 4.20. The lowest BCUT2D eigenvalue weighted by atomic mass is 9.83. The SMILES string of the molecule is CC1(C(=O)NC2CN3CCC2CC3)CC(c2ccccc2Cl)=NO1. The van der Waals surface area contributed by atoms with E-state index in [9.17, 15) is 4.79 Å². The Hall–Kier alpha value is -1.59. The van der Waals surface area contributed by atoms with Gasteiger partial charge in [-0.05, 0) is 44.8 Å². The van der Waals surface area contributed by atoms with E-state index in [1.54, 1.807) is 6.92 Å². The largest absolute Gasteiger partial charge is 0.379 e. The highest BCUT2D eigenvalue weighted by Crippen LogP contribution is 2.31. The molecule has 0 aliphatic carbocycles. The zero-order valence-corrected chi connectivity index (χ0v) is 14.6. The lowest BCUT2D eigenvalue weighted by Gasteiger charge is -2.45. The third-order valence-corrected chi connectivity index (χ3v) is 5.83. The number of halogens is 1. The lowest BCUT2D eigenvalue weighted by molar-refractivity contribution is -0.143. The standard InChI is InChI=1S/C18H22ClN3O2/c1-18(10-15(21-24-18)13-4-2-3-5-14(13)19)17(23)20-16-11-22-8-6-12(16)7-9-22/h2-5,12,16H,6-11H2,1H3,(H,20,23). The van der Waals surface area contributed by atoms with Crippen molar-refractivity contribution < 1.29 is 9.63 Å². The van der Waals surface area contributed by atoms with Crippen molar-refractivity contribution in [2.24, 2.45) is 11.1 Å². The first-order valence-corrected chi connectivity index (χ1v) is 8.96. The fraction of sp³-hybridized carbons (Fsp3) is 0.556. The van der Waals surface area contributed by atoms with Gasteiger partial charge in [-0.25, -0.2) is 0 Å². The number of hydrogen-bond donors (Lipinski definition) is 1. The Bertz CT molecular complexity index is 685. The number of oxime groups is 1. The molecule has 5 rings (SSSR count). The summed E-state index contributed by atoms with van der Waals surface area (Å²) < 4.78 is 0. The average Bonchev–Trinajstić information content (AvgIpc) is 3.00. The number of benzene rings is 1. The summed E-state index contributed by atoms with van der Waals surface area (Å²) in [5, 5.41) is 7.98. The van der Waals surface area contributed by atoms with Crippen LogP contribution in [0.3, 0.4) is 0 Å². The first-order valence-electron chi connectivity index (χ1n) is 8.58. The Kier molecular flexibility index (Phi) is 4.01. The summed E-state index contributed by atoms with van der Waals surface area (Å²) in [6.45, 7) is 5.07. The van der Waals surface area contributed by atoms with Gasteiger partial charge in [0, 0.05) is 29.6 Å². The molecule has 4 heterocycles. The van der Waals surface area contributed by atoms with Crippen LogP contribution in [0.1, 0.15) is 31.7 Å². The number of hydrogen-bond acceptors (Lipinski definition) is 4. The van der Waals surface area contributed by atoms with Gasteiger partial charge in [0.1, 0.15) is 0 Å². The minimum Gasteiger partial charge on any atom is -0.379 e. The van der Waals surface area contributed by atoms with Crippen LogP contribution in [0.15, 0.2) is 29.4 Å². The van der Waals surface area contributed by atoms with Crippen LogP contribution in [0.2, 0.25) is 5.02 Å². The zero-order valence-electron chi connectivity index (χ0n) is 13.8. The maximum atomic E-state index is 12.8. The Labute approximate surface area is 147 Å². The first-order chi connectivity index (χ1) is 11.5. The average molecular weight is 348 g/mol. The summed E-state index contributed by atoms with van der Waals surface area (Å²) in [5.74, 6) is 0.514. The molecule has 2 atom stereocenters. The van der Waals surface area contributed by atoms with Gasteiger partial charge < -0.3 is 15.1 Å². The molecule has 6 heteroatoms. The molecular weight excluding hydrogens is 326 g/mol. The maximum absolute atomic E-state index is 12.8. The second kappa shape index (κ2) is 6.05. The van der Waals surface area contributed by atoms with Crippen LogP contribution in [-0.4, -0.2) is 47.8 Å². The van der Waals surface area contributed by atoms with Gasteiger partial charge in [-0.1, -0.05) is 35.0 Å². The quantitative estimate of drug-likeness (QED) is 0.913. The van der Waals surface area contributed by atoms with E-state index in [1.165, 1.54) is 12.8 Å². The second-order valence-electron chi connectivity index (χ2n) is 7.23. The maximum Gasteiger partial charge on any atom is 0.267 e. The van der Waals surface area contributed by atoms with Gasteiger partial charge in [-0.3, -0.25) is 4.79 Å². The summed E-state index contributed by atoms with van der Waals surface area (Å²) in [5.41, 5.74) is 0.603. The first kappa shape index (κ1) is 15.9. The third-order valence-electron chi connectivity index (χ3n) is 5.50. The number of fused-ring (bicyclic) bond motifs is 3. The molecule has 3 saturated heterocycles. The van der Waals surface area contributed by atoms with E-state index in [-0.39, 0.29) is 11.9 Å². The van der Waals surface area contributed by atoms with Crippen LogP contribution >= 0.6 is 11.6 Å². The van der Waals surface area contributed by atoms with Crippen LogP contribution in [0.5, 0.6) is 0 Å². The summed E-state index contributed by atoms with van der Waals surface area (Å²) in [6, 6.07) is 7.74. The smallest absolute Gasteiger partial charge is 0.267 e. The number of rotatable bonds is 3. The topological polar surface area (TPSA) is 53.9 Å². The van der Waals surface area contributed by atoms with E-state index in [0.29, 0.717) is 17.4 Å². The van der Waals surface area contributed by atoms with Gasteiger partial charge >= 0.3 is 0 Å². The minimum atomic E-state index is -0.958. The van der Waals surface area contributed by atoms with E-state index in [2.05, 4.69) is 15.4 Å². The number of nitrogens with one attached hydrogen (secondary N) is 1. The molecule has 128 valence electrons. The predicted molar refractivity (Wildman–Crippen MR) is 93.2 cm³/mol. The summed E-state index contributed by atoms with van der Waals surface area (Å²) in [7, 11) is 0. The molecule has 0 saturated carbocycles. The van der Waals surface area contributed by atoms with Crippen molar-refractivity contribution in [3.05, 3.63) is 34.9 Å². The Morgan fingerprint density at radius 1 is 1.38 bits per heavy atom. The molecule has 4 aliphatic rings. The molecule has 0 spiro atoms. The van der Waals surface area contributed by atoms with E-state index in [0.717, 1.165) is 30.9 Å². The van der Waals surface area contributed by atoms with Crippen molar-refractivity contribution in [3.8, 4) is 0 Å². The molecule has 2 unspecified atom stereocenters. The van der Waals surface area contributed by atoms with Crippen molar-refractivity contribution in [2.75, 3.05) is 19.6 Å². The molecule has 1 aromatic carbocycles. The van der Waals surface area contributed by atoms with Crippen LogP contribution in [0.25, 0.3) is 0 Å². The molecular formula is C18H22ClN3O2. The molecule has 5 nitrogen and oxygen atoms in total. The Morgan fingerprint density at radius 2 is 2.12 bits per heavy atom. The fourth-order valence-electron chi connectivity index (χ4n) is 3.95. The van der Waals surface area contributed by atoms with Crippen LogP contribution in [-0.2, 0) is 9.63 Å². The van der Waals surface area contributed by atoms with Crippen molar-refractivity contribution in [3.63, 3.8) is 0 Å². The molecule has 1 amide bonds. The number of carbonyl (C=O) groups excluding carboxylic acids is 1. The van der Waals surface area contributed by atoms with Gasteiger partial charge in [0.2, 0.25) is 5.60 Å². The van der Waals surface area contributed by atoms with Crippen LogP contribution in [0.4, 0.5) is 0 Å². The third kappa shape index (κ3) is 2.80. The van der Waals surface area contributed by atoms with Gasteiger partial charge in [0.25, 0.3) is 5.91 Å². The highest BCUT2D eigenvalue weighted by molar-refractivity contribution is 6.34. The Morgan fingerprint density at radius 3 is 2.79 bits per heavy atom. The van der Waals surface area contributed by atoms with E-state index in [1.807, 2.05) is 24.3 Å². The zero-order chi connectivity index (χ0) is 16.7. The van der Waals surface area contributed by atoms with Crippen molar-refractivity contribution >= 4 is 23.2 Å². The second-order valence-corrected chi connectivity index (χ2v) is 7.64. The van der Waals surface area contributed by atoms with E-state index < -0.39 is 5.60 Å². The molecule has 2 bridgehead atoms. The molecule has 3 fully saturated rings. The normalized spacial score (nSPS) is 34.6. The van der Waals surface area contributed by atoms with Gasteiger partial charge in [-0.2, -0.15) is 0 Å². The number of piperidine rings is 3. The Balaban J connectivity index is 1.43. The molecule has 24 heavy (non-hydrogen) atoms. The van der Waals surface area contributed by atoms with Gasteiger partial charge in [0.15, 0.2) is 0 Å². The molecule has 1 aromatic rings. The number of nitrogens with zero attached hydrogens (tertiary/aromatic N) is 2. The number of carbonyl (C=O) groups is 1. The van der Waals surface area contributed by atoms with Crippen molar-refractivity contribution in [1.29, 1.82) is 0 Å². The summed E-state index contributed by atoms with van der Waals surface area (Å²) in [6.07, 6.45) is 2.78. The highest BCUT2D eigenvalue weighted by atomic mass is 35.5. The van der Waals surface area contributed by atoms with Crippen LogP contribution < -0.4 is 5.32 Å². The highest BCUT2D eigenvalue weighted by Gasteiger charge is 2.45. The molecule has 0 radical (unpaired) electrons. The van der Waals surface area contributed by atoms with Crippen molar-refractivity contribution in [2.45, 2.75) is 37.8 Å². The minimum absolute atomic E-state index is 0.0768. The monoisotopic (exact) mass is 347 g/mol. The summed E-state index contributed by atoms with van der Waals surface area (Å²) >= 11 is 6.23. The van der Waals surface area contributed by atoms with E-state index >= 15 is 0 Å². The van der Waals surface area contributed by atoms with Gasteiger partial charge in [-0.15, -0.1) is 0 Å². The molecule has 1 N–H and O–H groups in total. The predicted octanol–water partition coefficient (Wildman–Crippen LogP) is 2.43. The lowest BCUT2D eigenvalue weighted by Crippen LogP contribution is -2.60. The van der Waals surface area contributed by atoms with E-state index in [4.69, 9.17) is 16.4 Å². The summed E-state index contributed by atoms with van der Waals surface area (Å²) in [4.78, 5) is 20.8. The molecule has 4 aliphatic heterocycles.